The molecule has 2 unspecified atom stereocenters. The number of benzene rings is 1. The van der Waals surface area contributed by atoms with Crippen molar-refractivity contribution in [1.29, 1.82) is 0 Å². The Balaban J connectivity index is 1.55. The first-order chi connectivity index (χ1) is 12.9. The molecule has 4 rings (SSSR count). The number of nitrogens with zero attached hydrogens (tertiary/aromatic N) is 2. The zero-order chi connectivity index (χ0) is 19.1. The van der Waals surface area contributed by atoms with Crippen LogP contribution in [0.2, 0.25) is 0 Å². The molecule has 0 spiro atoms. The number of halogens is 2. The molecule has 0 aliphatic carbocycles. The van der Waals surface area contributed by atoms with Crippen LogP contribution in [-0.2, 0) is 9.53 Å². The van der Waals surface area contributed by atoms with Gasteiger partial charge in [0.1, 0.15) is 11.8 Å². The molecule has 0 radical (unpaired) electrons. The van der Waals surface area contributed by atoms with Crippen molar-refractivity contribution in [2.45, 2.75) is 57.2 Å². The van der Waals surface area contributed by atoms with Crippen LogP contribution >= 0.6 is 0 Å². The highest BCUT2D eigenvalue weighted by Gasteiger charge is 2.40. The predicted molar refractivity (Wildman–Crippen MR) is 95.8 cm³/mol. The largest absolute Gasteiger partial charge is 0.442 e. The molecule has 3 saturated heterocycles. The fourth-order valence-electron chi connectivity index (χ4n) is 4.53. The number of nitrogens with one attached hydrogen (secondary N) is 1. The maximum absolute atomic E-state index is 14.9. The van der Waals surface area contributed by atoms with Crippen molar-refractivity contribution in [3.8, 4) is 0 Å². The van der Waals surface area contributed by atoms with E-state index in [2.05, 4.69) is 5.32 Å². The van der Waals surface area contributed by atoms with Crippen molar-refractivity contribution in [2.24, 2.45) is 0 Å². The van der Waals surface area contributed by atoms with Crippen LogP contribution in [-0.4, -0.2) is 43.3 Å². The third-order valence-electron chi connectivity index (χ3n) is 5.72. The number of carbonyl (C=O) groups is 2. The molecule has 146 valence electrons. The van der Waals surface area contributed by atoms with E-state index < -0.39 is 23.8 Å². The van der Waals surface area contributed by atoms with Gasteiger partial charge in [-0.15, -0.1) is 0 Å². The van der Waals surface area contributed by atoms with E-state index in [0.717, 1.165) is 32.1 Å². The highest BCUT2D eigenvalue weighted by atomic mass is 19.1. The molecule has 1 aromatic carbocycles. The highest BCUT2D eigenvalue weighted by Crippen LogP contribution is 2.42. The Bertz CT molecular complexity index is 734. The molecule has 3 aliphatic heterocycles. The second-order valence-corrected chi connectivity index (χ2v) is 7.53. The SMILES string of the molecule is CC(=O)NC[C@H]1CN(c2cc(F)c(N3C4CCCC3CC4)c(F)c2)C(=O)O1. The average Bonchev–Trinajstić information content (AvgIpc) is 3.08. The van der Waals surface area contributed by atoms with Gasteiger partial charge < -0.3 is 15.0 Å². The predicted octanol–water partition coefficient (Wildman–Crippen LogP) is 2.95. The van der Waals surface area contributed by atoms with Crippen molar-refractivity contribution in [3.05, 3.63) is 23.8 Å². The van der Waals surface area contributed by atoms with Gasteiger partial charge >= 0.3 is 6.09 Å². The van der Waals surface area contributed by atoms with Gasteiger partial charge in [0.25, 0.3) is 0 Å². The lowest BCUT2D eigenvalue weighted by Crippen LogP contribution is -2.41. The molecule has 2 amide bonds. The average molecular weight is 379 g/mol. The number of hydrogen-bond donors (Lipinski definition) is 1. The maximum atomic E-state index is 14.9. The first-order valence-corrected chi connectivity index (χ1v) is 9.44. The quantitative estimate of drug-likeness (QED) is 0.874. The minimum atomic E-state index is -0.671. The van der Waals surface area contributed by atoms with Gasteiger partial charge in [-0.1, -0.05) is 0 Å². The number of amides is 2. The molecular formula is C19H23F2N3O3. The summed E-state index contributed by atoms with van der Waals surface area (Å²) in [4.78, 5) is 26.2. The molecule has 27 heavy (non-hydrogen) atoms. The molecule has 3 atom stereocenters. The Labute approximate surface area is 156 Å². The van der Waals surface area contributed by atoms with E-state index in [4.69, 9.17) is 4.74 Å². The summed E-state index contributed by atoms with van der Waals surface area (Å²) in [6, 6.07) is 2.79. The summed E-state index contributed by atoms with van der Waals surface area (Å²) in [7, 11) is 0. The van der Waals surface area contributed by atoms with E-state index in [-0.39, 0.29) is 42.5 Å². The molecule has 1 aromatic rings. The fourth-order valence-corrected chi connectivity index (χ4v) is 4.53. The molecular weight excluding hydrogens is 356 g/mol. The fraction of sp³-hybridized carbons (Fsp3) is 0.579. The van der Waals surface area contributed by atoms with E-state index in [9.17, 15) is 18.4 Å². The molecule has 3 aliphatic rings. The van der Waals surface area contributed by atoms with Crippen LogP contribution in [0.15, 0.2) is 12.1 Å². The summed E-state index contributed by atoms with van der Waals surface area (Å²) < 4.78 is 34.9. The van der Waals surface area contributed by atoms with Crippen LogP contribution < -0.4 is 15.1 Å². The maximum Gasteiger partial charge on any atom is 0.414 e. The molecule has 0 saturated carbocycles. The first kappa shape index (κ1) is 18.0. The number of piperidine rings is 1. The van der Waals surface area contributed by atoms with Gasteiger partial charge in [-0.05, 0) is 32.1 Å². The highest BCUT2D eigenvalue weighted by molar-refractivity contribution is 5.90. The van der Waals surface area contributed by atoms with Crippen LogP contribution in [0.3, 0.4) is 0 Å². The lowest BCUT2D eigenvalue weighted by molar-refractivity contribution is -0.119. The smallest absolute Gasteiger partial charge is 0.414 e. The third-order valence-corrected chi connectivity index (χ3v) is 5.72. The van der Waals surface area contributed by atoms with E-state index in [1.54, 1.807) is 0 Å². The molecule has 6 nitrogen and oxygen atoms in total. The summed E-state index contributed by atoms with van der Waals surface area (Å²) in [5.74, 6) is -1.54. The number of hydrogen-bond acceptors (Lipinski definition) is 4. The Hall–Kier alpha value is -2.38. The molecule has 8 heteroatoms. The number of carbonyl (C=O) groups excluding carboxylic acids is 2. The number of fused-ring (bicyclic) bond motifs is 2. The number of anilines is 2. The summed E-state index contributed by atoms with van der Waals surface area (Å²) in [5.41, 5.74) is 0.154. The van der Waals surface area contributed by atoms with E-state index in [1.807, 2.05) is 4.90 Å². The van der Waals surface area contributed by atoms with Gasteiger partial charge in [0.2, 0.25) is 5.91 Å². The molecule has 0 aromatic heterocycles. The lowest BCUT2D eigenvalue weighted by Gasteiger charge is -2.37. The molecule has 1 N–H and O–H groups in total. The number of cyclic esters (lactones) is 1. The lowest BCUT2D eigenvalue weighted by atomic mass is 10.0. The molecule has 3 fully saturated rings. The van der Waals surface area contributed by atoms with Crippen LogP contribution in [0.1, 0.15) is 39.0 Å². The minimum Gasteiger partial charge on any atom is -0.442 e. The Morgan fingerprint density at radius 3 is 2.41 bits per heavy atom. The van der Waals surface area contributed by atoms with Gasteiger partial charge in [-0.25, -0.2) is 13.6 Å². The van der Waals surface area contributed by atoms with Crippen molar-refractivity contribution < 1.29 is 23.1 Å². The Morgan fingerprint density at radius 1 is 1.19 bits per heavy atom. The van der Waals surface area contributed by atoms with E-state index in [1.165, 1.54) is 24.0 Å². The van der Waals surface area contributed by atoms with Crippen molar-refractivity contribution in [2.75, 3.05) is 22.9 Å². The molecule has 3 heterocycles. The number of rotatable bonds is 4. The van der Waals surface area contributed by atoms with Gasteiger partial charge in [-0.2, -0.15) is 0 Å². The zero-order valence-corrected chi connectivity index (χ0v) is 15.2. The molecule has 2 bridgehead atoms. The second-order valence-electron chi connectivity index (χ2n) is 7.53. The summed E-state index contributed by atoms with van der Waals surface area (Å²) >= 11 is 0. The summed E-state index contributed by atoms with van der Waals surface area (Å²) in [6.07, 6.45) is 3.73. The normalized spacial score (nSPS) is 27.1. The summed E-state index contributed by atoms with van der Waals surface area (Å²) in [5, 5.41) is 2.57. The monoisotopic (exact) mass is 379 g/mol. The van der Waals surface area contributed by atoms with Gasteiger partial charge in [-0.3, -0.25) is 9.69 Å². The van der Waals surface area contributed by atoms with Gasteiger partial charge in [0, 0.05) is 31.1 Å². The summed E-state index contributed by atoms with van der Waals surface area (Å²) in [6.45, 7) is 1.66. The van der Waals surface area contributed by atoms with Crippen LogP contribution in [0.4, 0.5) is 25.0 Å². The van der Waals surface area contributed by atoms with Crippen molar-refractivity contribution >= 4 is 23.4 Å². The van der Waals surface area contributed by atoms with Crippen LogP contribution in [0.5, 0.6) is 0 Å². The van der Waals surface area contributed by atoms with Gasteiger partial charge in [0.15, 0.2) is 11.6 Å². The Morgan fingerprint density at radius 2 is 1.81 bits per heavy atom. The standard InChI is InChI=1S/C19H23F2N3O3/c1-11(25)22-9-15-10-23(19(26)27-15)14-7-16(20)18(17(21)8-14)24-12-3-2-4-13(24)6-5-12/h7-8,12-13,15H,2-6,9-10H2,1H3,(H,22,25)/t12?,13?,15-/m0/s1. The topological polar surface area (TPSA) is 61.9 Å². The van der Waals surface area contributed by atoms with Crippen molar-refractivity contribution in [1.82, 2.24) is 5.32 Å². The van der Waals surface area contributed by atoms with E-state index in [0.29, 0.717) is 0 Å². The van der Waals surface area contributed by atoms with Gasteiger partial charge in [0.05, 0.1) is 18.8 Å². The number of ether oxygens (including phenoxy) is 1. The Kier molecular flexibility index (Phi) is 4.65. The first-order valence-electron chi connectivity index (χ1n) is 9.44. The minimum absolute atomic E-state index is 0.0216. The second kappa shape index (κ2) is 6.98. The van der Waals surface area contributed by atoms with E-state index >= 15 is 0 Å². The van der Waals surface area contributed by atoms with Crippen LogP contribution in [0, 0.1) is 11.6 Å². The third kappa shape index (κ3) is 3.33. The van der Waals surface area contributed by atoms with Crippen molar-refractivity contribution in [3.63, 3.8) is 0 Å². The van der Waals surface area contributed by atoms with Crippen LogP contribution in [0.25, 0.3) is 0 Å². The zero-order valence-electron chi connectivity index (χ0n) is 15.2.